The van der Waals surface area contributed by atoms with Gasteiger partial charge in [-0.1, -0.05) is 19.3 Å². The van der Waals surface area contributed by atoms with Crippen LogP contribution in [0.5, 0.6) is 0 Å². The summed E-state index contributed by atoms with van der Waals surface area (Å²) < 4.78 is 5.61. The molecule has 1 saturated heterocycles. The fourth-order valence-corrected chi connectivity index (χ4v) is 2.67. The third-order valence-electron chi connectivity index (χ3n) is 3.89. The van der Waals surface area contributed by atoms with E-state index in [-0.39, 0.29) is 0 Å². The van der Waals surface area contributed by atoms with Crippen molar-refractivity contribution < 1.29 is 4.74 Å². The largest absolute Gasteiger partial charge is 0.378 e. The van der Waals surface area contributed by atoms with E-state index in [9.17, 15) is 0 Å². The minimum absolute atomic E-state index is 0.549. The zero-order valence-electron chi connectivity index (χ0n) is 10.0. The highest BCUT2D eigenvalue weighted by Gasteiger charge is 2.20. The van der Waals surface area contributed by atoms with Crippen LogP contribution in [0, 0.1) is 5.92 Å². The Morgan fingerprint density at radius 3 is 2.73 bits per heavy atom. The Hall–Kier alpha value is -0.0800. The van der Waals surface area contributed by atoms with E-state index in [4.69, 9.17) is 4.74 Å². The lowest BCUT2D eigenvalue weighted by Gasteiger charge is -2.28. The molecule has 2 heteroatoms. The van der Waals surface area contributed by atoms with Crippen molar-refractivity contribution in [2.45, 2.75) is 64.0 Å². The van der Waals surface area contributed by atoms with Crippen LogP contribution in [0.3, 0.4) is 0 Å². The first-order valence-electron chi connectivity index (χ1n) is 6.69. The van der Waals surface area contributed by atoms with Gasteiger partial charge in [0.25, 0.3) is 0 Å². The van der Waals surface area contributed by atoms with Crippen molar-refractivity contribution in [1.82, 2.24) is 5.32 Å². The predicted octanol–water partition coefficient (Wildman–Crippen LogP) is 2.72. The monoisotopic (exact) mass is 211 g/mol. The van der Waals surface area contributed by atoms with E-state index in [1.165, 1.54) is 44.9 Å². The van der Waals surface area contributed by atoms with Crippen LogP contribution in [0.25, 0.3) is 0 Å². The lowest BCUT2D eigenvalue weighted by Crippen LogP contribution is -2.32. The van der Waals surface area contributed by atoms with E-state index in [2.05, 4.69) is 12.2 Å². The second-order valence-corrected chi connectivity index (χ2v) is 5.31. The molecule has 0 bridgehead atoms. The van der Waals surface area contributed by atoms with Crippen molar-refractivity contribution in [1.29, 1.82) is 0 Å². The highest BCUT2D eigenvalue weighted by atomic mass is 16.5. The molecular weight excluding hydrogens is 186 g/mol. The molecule has 1 N–H and O–H groups in total. The summed E-state index contributed by atoms with van der Waals surface area (Å²) in [4.78, 5) is 0. The summed E-state index contributed by atoms with van der Waals surface area (Å²) in [7, 11) is 0. The third-order valence-corrected chi connectivity index (χ3v) is 3.89. The predicted molar refractivity (Wildman–Crippen MR) is 63.0 cm³/mol. The summed E-state index contributed by atoms with van der Waals surface area (Å²) in [6.45, 7) is 4.45. The van der Waals surface area contributed by atoms with Crippen LogP contribution in [0.1, 0.15) is 51.9 Å². The number of rotatable bonds is 6. The smallest absolute Gasteiger partial charge is 0.0588 e. The molecule has 0 spiro atoms. The molecule has 1 heterocycles. The van der Waals surface area contributed by atoms with Crippen molar-refractivity contribution in [3.63, 3.8) is 0 Å². The van der Waals surface area contributed by atoms with Crippen LogP contribution >= 0.6 is 0 Å². The van der Waals surface area contributed by atoms with Crippen molar-refractivity contribution >= 4 is 0 Å². The minimum atomic E-state index is 0.549. The highest BCUT2D eigenvalue weighted by Crippen LogP contribution is 2.30. The maximum atomic E-state index is 5.61. The second kappa shape index (κ2) is 5.86. The lowest BCUT2D eigenvalue weighted by atomic mass is 9.81. The molecular formula is C13H25NO. The van der Waals surface area contributed by atoms with Crippen molar-refractivity contribution in [2.75, 3.05) is 13.2 Å². The van der Waals surface area contributed by atoms with E-state index in [1.54, 1.807) is 0 Å². The zero-order valence-corrected chi connectivity index (χ0v) is 10.0. The standard InChI is InChI=1S/C13H25NO/c1-11(10-12-4-2-5-12)14-8-7-13-6-3-9-15-13/h11-14H,2-10H2,1H3. The van der Waals surface area contributed by atoms with E-state index in [0.29, 0.717) is 12.1 Å². The molecule has 88 valence electrons. The van der Waals surface area contributed by atoms with Gasteiger partial charge in [-0.15, -0.1) is 0 Å². The minimum Gasteiger partial charge on any atom is -0.378 e. The van der Waals surface area contributed by atoms with Crippen molar-refractivity contribution in [3.8, 4) is 0 Å². The average molecular weight is 211 g/mol. The molecule has 0 radical (unpaired) electrons. The Bertz CT molecular complexity index is 173. The molecule has 2 aliphatic rings. The molecule has 2 rings (SSSR count). The average Bonchev–Trinajstić information content (AvgIpc) is 2.64. The van der Waals surface area contributed by atoms with Gasteiger partial charge < -0.3 is 10.1 Å². The normalized spacial score (nSPS) is 29.0. The fraction of sp³-hybridized carbons (Fsp3) is 1.00. The summed E-state index contributed by atoms with van der Waals surface area (Å²) in [5.74, 6) is 1.02. The van der Waals surface area contributed by atoms with Crippen LogP contribution in [0.15, 0.2) is 0 Å². The fourth-order valence-electron chi connectivity index (χ4n) is 2.67. The molecule has 2 atom stereocenters. The van der Waals surface area contributed by atoms with E-state index in [0.717, 1.165) is 19.1 Å². The molecule has 1 aliphatic carbocycles. The Morgan fingerprint density at radius 1 is 1.27 bits per heavy atom. The molecule has 15 heavy (non-hydrogen) atoms. The summed E-state index contributed by atoms with van der Waals surface area (Å²) in [5.41, 5.74) is 0. The van der Waals surface area contributed by atoms with E-state index in [1.807, 2.05) is 0 Å². The quantitative estimate of drug-likeness (QED) is 0.729. The number of nitrogens with one attached hydrogen (secondary N) is 1. The van der Waals surface area contributed by atoms with Gasteiger partial charge in [0.2, 0.25) is 0 Å². The maximum absolute atomic E-state index is 5.61. The van der Waals surface area contributed by atoms with E-state index >= 15 is 0 Å². The Kier molecular flexibility index (Phi) is 4.45. The summed E-state index contributed by atoms with van der Waals surface area (Å²) in [5, 5.41) is 3.63. The highest BCUT2D eigenvalue weighted by molar-refractivity contribution is 4.75. The van der Waals surface area contributed by atoms with Crippen LogP contribution in [-0.2, 0) is 4.74 Å². The zero-order chi connectivity index (χ0) is 10.5. The topological polar surface area (TPSA) is 21.3 Å². The van der Waals surface area contributed by atoms with Gasteiger partial charge in [0.05, 0.1) is 6.10 Å². The van der Waals surface area contributed by atoms with Gasteiger partial charge in [0.15, 0.2) is 0 Å². The first-order chi connectivity index (χ1) is 7.34. The molecule has 0 aromatic heterocycles. The molecule has 1 saturated carbocycles. The number of hydrogen-bond donors (Lipinski definition) is 1. The van der Waals surface area contributed by atoms with Gasteiger partial charge in [0.1, 0.15) is 0 Å². The van der Waals surface area contributed by atoms with Gasteiger partial charge in [-0.3, -0.25) is 0 Å². The number of ether oxygens (including phenoxy) is 1. The van der Waals surface area contributed by atoms with E-state index < -0.39 is 0 Å². The molecule has 2 fully saturated rings. The molecule has 2 unspecified atom stereocenters. The van der Waals surface area contributed by atoms with Gasteiger partial charge in [-0.25, -0.2) is 0 Å². The second-order valence-electron chi connectivity index (χ2n) is 5.31. The first kappa shape index (κ1) is 11.4. The Morgan fingerprint density at radius 2 is 2.13 bits per heavy atom. The van der Waals surface area contributed by atoms with Gasteiger partial charge >= 0.3 is 0 Å². The summed E-state index contributed by atoms with van der Waals surface area (Å²) in [6.07, 6.45) is 10.1. The van der Waals surface area contributed by atoms with Crippen LogP contribution in [0.4, 0.5) is 0 Å². The summed E-state index contributed by atoms with van der Waals surface area (Å²) >= 11 is 0. The van der Waals surface area contributed by atoms with Gasteiger partial charge in [-0.2, -0.15) is 0 Å². The number of hydrogen-bond acceptors (Lipinski definition) is 2. The molecule has 0 aromatic carbocycles. The van der Waals surface area contributed by atoms with Crippen molar-refractivity contribution in [3.05, 3.63) is 0 Å². The molecule has 1 aliphatic heterocycles. The first-order valence-corrected chi connectivity index (χ1v) is 6.69. The SMILES string of the molecule is CC(CC1CCC1)NCCC1CCCO1. The molecule has 0 aromatic rings. The van der Waals surface area contributed by atoms with Gasteiger partial charge in [0, 0.05) is 12.6 Å². The lowest BCUT2D eigenvalue weighted by molar-refractivity contribution is 0.103. The third kappa shape index (κ3) is 3.76. The van der Waals surface area contributed by atoms with Crippen LogP contribution in [-0.4, -0.2) is 25.3 Å². The maximum Gasteiger partial charge on any atom is 0.0588 e. The molecule has 2 nitrogen and oxygen atoms in total. The van der Waals surface area contributed by atoms with Crippen LogP contribution in [0.2, 0.25) is 0 Å². The van der Waals surface area contributed by atoms with Crippen molar-refractivity contribution in [2.24, 2.45) is 5.92 Å². The molecule has 0 amide bonds. The van der Waals surface area contributed by atoms with Gasteiger partial charge in [-0.05, 0) is 45.1 Å². The van der Waals surface area contributed by atoms with Crippen LogP contribution < -0.4 is 5.32 Å². The Labute approximate surface area is 93.8 Å². The Balaban J connectivity index is 1.48. The summed E-state index contributed by atoms with van der Waals surface area (Å²) in [6, 6.07) is 0.705.